The van der Waals surface area contributed by atoms with Crippen LogP contribution in [0.5, 0.6) is 0 Å². The number of urea groups is 1. The van der Waals surface area contributed by atoms with E-state index in [2.05, 4.69) is 5.32 Å². The second kappa shape index (κ2) is 7.14. The summed E-state index contributed by atoms with van der Waals surface area (Å²) in [5.74, 6) is -0.466. The van der Waals surface area contributed by atoms with Crippen LogP contribution in [0.25, 0.3) is 0 Å². The van der Waals surface area contributed by atoms with Gasteiger partial charge in [0, 0.05) is 18.9 Å². The molecule has 5 N–H and O–H groups in total. The predicted octanol–water partition coefficient (Wildman–Crippen LogP) is -0.844. The number of hydrogen-bond acceptors (Lipinski definition) is 7. The number of rotatable bonds is 5. The van der Waals surface area contributed by atoms with Gasteiger partial charge in [-0.15, -0.1) is 0 Å². The van der Waals surface area contributed by atoms with Gasteiger partial charge in [-0.2, -0.15) is 0 Å². The summed E-state index contributed by atoms with van der Waals surface area (Å²) in [7, 11) is 1.36. The van der Waals surface area contributed by atoms with Crippen molar-refractivity contribution < 1.29 is 29.3 Å². The quantitative estimate of drug-likeness (QED) is 0.501. The molecule has 2 amide bonds. The monoisotopic (exact) mass is 363 g/mol. The largest absolute Gasteiger partial charge is 0.394 e. The molecule has 1 unspecified atom stereocenters. The molecule has 0 saturated carbocycles. The molecule has 0 aromatic heterocycles. The second-order valence-corrected chi connectivity index (χ2v) is 6.16. The molecule has 1 fully saturated rings. The van der Waals surface area contributed by atoms with E-state index in [4.69, 9.17) is 15.2 Å². The summed E-state index contributed by atoms with van der Waals surface area (Å²) in [5.41, 5.74) is 4.73. The number of nitrogens with zero attached hydrogens (tertiary/aromatic N) is 1. The maximum Gasteiger partial charge on any atom is 0.325 e. The first-order valence-electron chi connectivity index (χ1n) is 8.07. The maximum atomic E-state index is 12.6. The predicted molar refractivity (Wildman–Crippen MR) is 89.8 cm³/mol. The molecular formula is C17H21N3O6. The van der Waals surface area contributed by atoms with Gasteiger partial charge in [-0.1, -0.05) is 30.3 Å². The summed E-state index contributed by atoms with van der Waals surface area (Å²) < 4.78 is 10.7. The van der Waals surface area contributed by atoms with E-state index in [0.29, 0.717) is 5.56 Å². The molecule has 0 bridgehead atoms. The first-order valence-corrected chi connectivity index (χ1v) is 8.07. The minimum atomic E-state index is -1.70. The fourth-order valence-corrected chi connectivity index (χ4v) is 3.06. The maximum absolute atomic E-state index is 12.6. The van der Waals surface area contributed by atoms with Crippen molar-refractivity contribution in [2.45, 2.75) is 30.2 Å². The van der Waals surface area contributed by atoms with Gasteiger partial charge in [-0.3, -0.25) is 15.4 Å². The third kappa shape index (κ3) is 3.11. The smallest absolute Gasteiger partial charge is 0.325 e. The number of benzene rings is 1. The molecule has 2 aliphatic heterocycles. The van der Waals surface area contributed by atoms with Crippen molar-refractivity contribution in [3.8, 4) is 0 Å². The molecule has 26 heavy (non-hydrogen) atoms. The molecule has 2 heterocycles. The fourth-order valence-electron chi connectivity index (χ4n) is 3.06. The average molecular weight is 363 g/mol. The van der Waals surface area contributed by atoms with Gasteiger partial charge in [0.15, 0.2) is 11.9 Å². The van der Waals surface area contributed by atoms with Crippen molar-refractivity contribution in [2.75, 3.05) is 13.7 Å². The molecule has 0 radical (unpaired) electrons. The minimum absolute atomic E-state index is 0.357. The van der Waals surface area contributed by atoms with Crippen molar-refractivity contribution in [1.29, 1.82) is 0 Å². The van der Waals surface area contributed by atoms with Crippen molar-refractivity contribution in [3.05, 3.63) is 48.2 Å². The molecule has 5 atom stereocenters. The van der Waals surface area contributed by atoms with E-state index in [1.807, 2.05) is 0 Å². The van der Waals surface area contributed by atoms with Gasteiger partial charge in [0.05, 0.1) is 6.61 Å². The molecule has 0 aliphatic carbocycles. The third-order valence-electron chi connectivity index (χ3n) is 4.50. The van der Waals surface area contributed by atoms with E-state index in [1.54, 1.807) is 30.3 Å². The molecule has 1 aromatic carbocycles. The Labute approximate surface area is 150 Å². The number of Topliss-reactive ketones (excluding diaryl/α,β-unsaturated/α-hetero) is 1. The Kier molecular flexibility index (Phi) is 5.08. The molecule has 9 heteroatoms. The Morgan fingerprint density at radius 1 is 1.42 bits per heavy atom. The van der Waals surface area contributed by atoms with Crippen LogP contribution in [-0.2, 0) is 9.47 Å². The molecule has 9 nitrogen and oxygen atoms in total. The number of methoxy groups -OCH3 is 1. The van der Waals surface area contributed by atoms with Crippen LogP contribution < -0.4 is 11.1 Å². The topological polar surface area (TPSA) is 134 Å². The summed E-state index contributed by atoms with van der Waals surface area (Å²) in [6, 6.07) is 7.69. The zero-order valence-electron chi connectivity index (χ0n) is 14.1. The Bertz CT molecular complexity index is 712. The molecule has 0 spiro atoms. The van der Waals surface area contributed by atoms with E-state index in [-0.39, 0.29) is 0 Å². The van der Waals surface area contributed by atoms with Crippen LogP contribution >= 0.6 is 0 Å². The van der Waals surface area contributed by atoms with Crippen molar-refractivity contribution >= 4 is 11.8 Å². The first kappa shape index (κ1) is 18.5. The summed E-state index contributed by atoms with van der Waals surface area (Å²) in [6.45, 7) is -0.427. The molecule has 1 aromatic rings. The van der Waals surface area contributed by atoms with E-state index < -0.39 is 48.6 Å². The fraction of sp³-hybridized carbons (Fsp3) is 0.412. The van der Waals surface area contributed by atoms with Gasteiger partial charge < -0.3 is 25.0 Å². The van der Waals surface area contributed by atoms with Crippen molar-refractivity contribution in [1.82, 2.24) is 10.2 Å². The number of aliphatic hydroxyl groups excluding tert-OH is 2. The zero-order chi connectivity index (χ0) is 18.9. The number of ketones is 1. The van der Waals surface area contributed by atoms with E-state index >= 15 is 0 Å². The lowest BCUT2D eigenvalue weighted by Gasteiger charge is -2.37. The summed E-state index contributed by atoms with van der Waals surface area (Å²) >= 11 is 0. The zero-order valence-corrected chi connectivity index (χ0v) is 14.1. The van der Waals surface area contributed by atoms with E-state index in [1.165, 1.54) is 19.4 Å². The average Bonchev–Trinajstić information content (AvgIpc) is 2.97. The summed E-state index contributed by atoms with van der Waals surface area (Å²) in [5, 5.41) is 21.8. The highest BCUT2D eigenvalue weighted by atomic mass is 16.6. The highest BCUT2D eigenvalue weighted by molar-refractivity contribution is 6.06. The SMILES string of the molecule is CO[C@@H]1[C@H](O)[C@@H](CO)O[C@H]1N1C=CC(N)(C(=O)c2ccccc2)NC1=O. The highest BCUT2D eigenvalue weighted by Gasteiger charge is 2.49. The Balaban J connectivity index is 1.83. The van der Waals surface area contributed by atoms with Crippen LogP contribution in [0, 0.1) is 0 Å². The lowest BCUT2D eigenvalue weighted by atomic mass is 9.97. The number of ether oxygens (including phenoxy) is 2. The van der Waals surface area contributed by atoms with Crippen LogP contribution in [0.4, 0.5) is 4.79 Å². The van der Waals surface area contributed by atoms with Crippen LogP contribution in [0.3, 0.4) is 0 Å². The van der Waals surface area contributed by atoms with Crippen LogP contribution in [0.2, 0.25) is 0 Å². The normalized spacial score (nSPS) is 34.0. The molecule has 140 valence electrons. The van der Waals surface area contributed by atoms with Crippen LogP contribution in [0.1, 0.15) is 10.4 Å². The number of aliphatic hydroxyl groups is 2. The Morgan fingerprint density at radius 2 is 2.12 bits per heavy atom. The Morgan fingerprint density at radius 3 is 2.69 bits per heavy atom. The number of carbonyl (C=O) groups excluding carboxylic acids is 2. The van der Waals surface area contributed by atoms with Gasteiger partial charge in [-0.05, 0) is 6.08 Å². The lowest BCUT2D eigenvalue weighted by molar-refractivity contribution is -0.0741. The number of amides is 2. The van der Waals surface area contributed by atoms with Gasteiger partial charge in [0.2, 0.25) is 5.78 Å². The van der Waals surface area contributed by atoms with Gasteiger partial charge in [0.25, 0.3) is 0 Å². The van der Waals surface area contributed by atoms with Crippen LogP contribution in [0.15, 0.2) is 42.6 Å². The number of nitrogens with one attached hydrogen (secondary N) is 1. The van der Waals surface area contributed by atoms with Gasteiger partial charge in [0.1, 0.15) is 18.3 Å². The number of hydrogen-bond donors (Lipinski definition) is 4. The summed E-state index contributed by atoms with van der Waals surface area (Å²) in [4.78, 5) is 26.3. The standard InChI is InChI=1S/C17H21N3O6/c1-25-13-12(22)11(9-21)26-15(13)20-8-7-17(18,19-16(20)24)14(23)10-5-3-2-4-6-10/h2-8,11-13,15,21-22H,9,18H2,1H3,(H,19,24)/t11-,12-,13-,15-,17?/m1/s1. The van der Waals surface area contributed by atoms with Gasteiger partial charge >= 0.3 is 6.03 Å². The second-order valence-electron chi connectivity index (χ2n) is 6.16. The highest BCUT2D eigenvalue weighted by Crippen LogP contribution is 2.28. The lowest BCUT2D eigenvalue weighted by Crippen LogP contribution is -2.66. The van der Waals surface area contributed by atoms with Crippen molar-refractivity contribution in [3.63, 3.8) is 0 Å². The van der Waals surface area contributed by atoms with Gasteiger partial charge in [-0.25, -0.2) is 4.79 Å². The third-order valence-corrected chi connectivity index (χ3v) is 4.50. The van der Waals surface area contributed by atoms with E-state index in [9.17, 15) is 19.8 Å². The number of nitrogens with two attached hydrogens (primary N) is 1. The molecular weight excluding hydrogens is 342 g/mol. The minimum Gasteiger partial charge on any atom is -0.394 e. The number of carbonyl (C=O) groups is 2. The molecule has 3 rings (SSSR count). The molecule has 1 saturated heterocycles. The first-order chi connectivity index (χ1) is 12.4. The van der Waals surface area contributed by atoms with E-state index in [0.717, 1.165) is 4.90 Å². The Hall–Kier alpha value is -2.30. The molecule has 2 aliphatic rings. The summed E-state index contributed by atoms with van der Waals surface area (Å²) in [6.07, 6.45) is -1.16. The van der Waals surface area contributed by atoms with Crippen molar-refractivity contribution in [2.24, 2.45) is 5.73 Å². The van der Waals surface area contributed by atoms with Crippen LogP contribution in [-0.4, -0.2) is 70.8 Å².